The number of benzene rings is 1. The highest BCUT2D eigenvalue weighted by Gasteiger charge is 2.40. The molecule has 0 aliphatic heterocycles. The van der Waals surface area contributed by atoms with Crippen LogP contribution in [0.3, 0.4) is 0 Å². The lowest BCUT2D eigenvalue weighted by Gasteiger charge is -2.43. The number of fused-ring (bicyclic) bond motifs is 4. The summed E-state index contributed by atoms with van der Waals surface area (Å²) in [6, 6.07) is 5.81. The van der Waals surface area contributed by atoms with E-state index in [4.69, 9.17) is 5.73 Å². The van der Waals surface area contributed by atoms with Crippen molar-refractivity contribution in [3.63, 3.8) is 0 Å². The Labute approximate surface area is 109 Å². The molecule has 0 amide bonds. The van der Waals surface area contributed by atoms with E-state index in [-0.39, 0.29) is 11.5 Å². The molecule has 2 atom stereocenters. The monoisotopic (exact) mass is 243 g/mol. The Hall–Kier alpha value is -1.28. The van der Waals surface area contributed by atoms with Crippen LogP contribution in [0.5, 0.6) is 5.75 Å². The van der Waals surface area contributed by atoms with Crippen molar-refractivity contribution in [2.24, 2.45) is 5.73 Å². The second kappa shape index (κ2) is 4.13. The molecule has 2 bridgehead atoms. The van der Waals surface area contributed by atoms with Crippen molar-refractivity contribution in [3.05, 3.63) is 34.9 Å². The van der Waals surface area contributed by atoms with E-state index in [1.54, 1.807) is 6.07 Å². The zero-order chi connectivity index (χ0) is 12.8. The number of phenolic OH excluding ortho intramolecular Hbond substituents is 1. The van der Waals surface area contributed by atoms with Crippen molar-refractivity contribution in [2.75, 3.05) is 0 Å². The first-order valence-electron chi connectivity index (χ1n) is 6.91. The Morgan fingerprint density at radius 3 is 2.94 bits per heavy atom. The van der Waals surface area contributed by atoms with E-state index in [0.29, 0.717) is 5.75 Å². The molecule has 0 saturated heterocycles. The highest BCUT2D eigenvalue weighted by molar-refractivity contribution is 5.65. The highest BCUT2D eigenvalue weighted by Crippen LogP contribution is 2.45. The standard InChI is InChI=1S/C16H21NO/c1-16-8-4-2-3-5-12(15(16)17)9-11-6-7-13(18)10-14(11)16/h6-7,9-10,15,18H,2-5,8,17H2,1H3. The van der Waals surface area contributed by atoms with Crippen molar-refractivity contribution in [3.8, 4) is 5.75 Å². The fraction of sp³-hybridized carbons (Fsp3) is 0.500. The summed E-state index contributed by atoms with van der Waals surface area (Å²) in [6.07, 6.45) is 8.24. The first kappa shape index (κ1) is 11.8. The summed E-state index contributed by atoms with van der Waals surface area (Å²) in [5.74, 6) is 0.348. The zero-order valence-electron chi connectivity index (χ0n) is 10.9. The average Bonchev–Trinajstić information content (AvgIpc) is 2.35. The number of aromatic hydroxyl groups is 1. The molecule has 1 aromatic carbocycles. The molecular weight excluding hydrogens is 222 g/mol. The molecule has 3 N–H and O–H groups in total. The molecule has 2 nitrogen and oxygen atoms in total. The second-order valence-electron chi connectivity index (χ2n) is 5.95. The van der Waals surface area contributed by atoms with E-state index in [0.717, 1.165) is 12.8 Å². The van der Waals surface area contributed by atoms with Crippen LogP contribution in [0.15, 0.2) is 23.8 Å². The third-order valence-electron chi connectivity index (χ3n) is 4.74. The first-order chi connectivity index (χ1) is 8.61. The van der Waals surface area contributed by atoms with Crippen LogP contribution in [-0.4, -0.2) is 11.1 Å². The van der Waals surface area contributed by atoms with E-state index in [9.17, 15) is 5.11 Å². The highest BCUT2D eigenvalue weighted by atomic mass is 16.3. The second-order valence-corrected chi connectivity index (χ2v) is 5.95. The van der Waals surface area contributed by atoms with Crippen LogP contribution in [0.25, 0.3) is 6.08 Å². The van der Waals surface area contributed by atoms with Crippen LogP contribution in [0.2, 0.25) is 0 Å². The molecule has 2 unspecified atom stereocenters. The summed E-state index contributed by atoms with van der Waals surface area (Å²) < 4.78 is 0. The van der Waals surface area contributed by atoms with Gasteiger partial charge in [-0.15, -0.1) is 0 Å². The van der Waals surface area contributed by atoms with E-state index in [2.05, 4.69) is 13.0 Å². The predicted octanol–water partition coefficient (Wildman–Crippen LogP) is 3.34. The van der Waals surface area contributed by atoms with Crippen LogP contribution in [0, 0.1) is 0 Å². The van der Waals surface area contributed by atoms with E-state index >= 15 is 0 Å². The van der Waals surface area contributed by atoms with Crippen LogP contribution < -0.4 is 5.73 Å². The maximum Gasteiger partial charge on any atom is 0.115 e. The van der Waals surface area contributed by atoms with Gasteiger partial charge in [-0.25, -0.2) is 0 Å². The largest absolute Gasteiger partial charge is 0.508 e. The van der Waals surface area contributed by atoms with Crippen molar-refractivity contribution >= 4 is 6.08 Å². The van der Waals surface area contributed by atoms with Crippen LogP contribution in [0.1, 0.15) is 50.2 Å². The fourth-order valence-corrected chi connectivity index (χ4v) is 3.55. The Bertz CT molecular complexity index is 506. The number of rotatable bonds is 0. The number of phenols is 1. The molecule has 18 heavy (non-hydrogen) atoms. The van der Waals surface area contributed by atoms with Crippen LogP contribution in [0.4, 0.5) is 0 Å². The summed E-state index contributed by atoms with van der Waals surface area (Å²) in [4.78, 5) is 0. The molecule has 0 spiro atoms. The van der Waals surface area contributed by atoms with Gasteiger partial charge in [-0.3, -0.25) is 0 Å². The van der Waals surface area contributed by atoms with Crippen molar-refractivity contribution in [1.29, 1.82) is 0 Å². The number of hydrogen-bond acceptors (Lipinski definition) is 2. The van der Waals surface area contributed by atoms with Gasteiger partial charge in [0.15, 0.2) is 0 Å². The smallest absolute Gasteiger partial charge is 0.115 e. The van der Waals surface area contributed by atoms with Gasteiger partial charge in [0.2, 0.25) is 0 Å². The molecule has 2 aliphatic carbocycles. The van der Waals surface area contributed by atoms with Crippen molar-refractivity contribution in [2.45, 2.75) is 50.5 Å². The third kappa shape index (κ3) is 1.67. The summed E-state index contributed by atoms with van der Waals surface area (Å²) in [5, 5.41) is 9.75. The minimum absolute atomic E-state index is 0.0153. The molecule has 0 radical (unpaired) electrons. The molecule has 96 valence electrons. The normalized spacial score (nSPS) is 31.0. The molecule has 2 aliphatic rings. The number of hydrogen-bond donors (Lipinski definition) is 2. The lowest BCUT2D eigenvalue weighted by Crippen LogP contribution is -2.47. The molecule has 3 rings (SSSR count). The minimum Gasteiger partial charge on any atom is -0.508 e. The molecule has 1 aromatic rings. The summed E-state index contributed by atoms with van der Waals surface area (Å²) in [5.41, 5.74) is 10.3. The summed E-state index contributed by atoms with van der Waals surface area (Å²) in [6.45, 7) is 2.26. The molecule has 1 fully saturated rings. The van der Waals surface area contributed by atoms with Gasteiger partial charge >= 0.3 is 0 Å². The van der Waals surface area contributed by atoms with Crippen molar-refractivity contribution in [1.82, 2.24) is 0 Å². The van der Waals surface area contributed by atoms with E-state index in [1.165, 1.54) is 36.0 Å². The molecule has 0 heterocycles. The van der Waals surface area contributed by atoms with Crippen LogP contribution >= 0.6 is 0 Å². The quantitative estimate of drug-likeness (QED) is 0.734. The molecule has 0 aromatic heterocycles. The zero-order valence-corrected chi connectivity index (χ0v) is 10.9. The van der Waals surface area contributed by atoms with Crippen molar-refractivity contribution < 1.29 is 5.11 Å². The fourth-order valence-electron chi connectivity index (χ4n) is 3.55. The summed E-state index contributed by atoms with van der Waals surface area (Å²) >= 11 is 0. The maximum absolute atomic E-state index is 9.75. The average molecular weight is 243 g/mol. The van der Waals surface area contributed by atoms with E-state index < -0.39 is 0 Å². The third-order valence-corrected chi connectivity index (χ3v) is 4.74. The Kier molecular flexibility index (Phi) is 2.70. The summed E-state index contributed by atoms with van der Waals surface area (Å²) in [7, 11) is 0. The van der Waals surface area contributed by atoms with Gasteiger partial charge in [0.1, 0.15) is 5.75 Å². The topological polar surface area (TPSA) is 46.2 Å². The number of nitrogens with two attached hydrogens (primary N) is 1. The van der Waals surface area contributed by atoms with Gasteiger partial charge in [0.25, 0.3) is 0 Å². The lowest BCUT2D eigenvalue weighted by molar-refractivity contribution is 0.335. The van der Waals surface area contributed by atoms with E-state index in [1.807, 2.05) is 12.1 Å². The predicted molar refractivity (Wildman–Crippen MR) is 74.5 cm³/mol. The molecule has 1 saturated carbocycles. The first-order valence-corrected chi connectivity index (χ1v) is 6.91. The Balaban J connectivity index is 2.20. The Morgan fingerprint density at radius 2 is 2.11 bits per heavy atom. The van der Waals surface area contributed by atoms with Gasteiger partial charge in [-0.05, 0) is 42.5 Å². The van der Waals surface area contributed by atoms with Crippen LogP contribution in [-0.2, 0) is 5.41 Å². The van der Waals surface area contributed by atoms with Gasteiger partial charge in [-0.2, -0.15) is 0 Å². The van der Waals surface area contributed by atoms with Gasteiger partial charge in [-0.1, -0.05) is 37.5 Å². The van der Waals surface area contributed by atoms with Gasteiger partial charge in [0.05, 0.1) is 0 Å². The molecular formula is C16H21NO. The SMILES string of the molecule is CC12CCCCCC(=Cc3ccc(O)cc31)C2N. The minimum atomic E-state index is -0.0153. The lowest BCUT2D eigenvalue weighted by atomic mass is 9.64. The molecule has 2 heteroatoms. The van der Waals surface area contributed by atoms with Gasteiger partial charge in [0, 0.05) is 11.5 Å². The Morgan fingerprint density at radius 1 is 1.28 bits per heavy atom. The maximum atomic E-state index is 9.75. The van der Waals surface area contributed by atoms with Gasteiger partial charge < -0.3 is 10.8 Å².